The SMILES string of the molecule is Br.Br.CNCc1ccc(=O)[nH]c1. The molecule has 0 bridgehead atoms. The third-order valence-electron chi connectivity index (χ3n) is 1.23. The van der Waals surface area contributed by atoms with E-state index in [4.69, 9.17) is 0 Å². The van der Waals surface area contributed by atoms with Gasteiger partial charge in [0.05, 0.1) is 0 Å². The summed E-state index contributed by atoms with van der Waals surface area (Å²) in [6.45, 7) is 0.788. The Hall–Kier alpha value is -0.130. The average molecular weight is 300 g/mol. The number of hydrogen-bond acceptors (Lipinski definition) is 2. The molecule has 0 radical (unpaired) electrons. The zero-order valence-electron chi connectivity index (χ0n) is 6.66. The fraction of sp³-hybridized carbons (Fsp3) is 0.286. The number of pyridine rings is 1. The summed E-state index contributed by atoms with van der Waals surface area (Å²) in [7, 11) is 1.87. The van der Waals surface area contributed by atoms with Gasteiger partial charge in [-0.05, 0) is 12.6 Å². The van der Waals surface area contributed by atoms with Gasteiger partial charge in [0.2, 0.25) is 5.56 Å². The Balaban J connectivity index is 0. The topological polar surface area (TPSA) is 44.9 Å². The molecule has 1 aromatic rings. The van der Waals surface area contributed by atoms with E-state index in [-0.39, 0.29) is 39.5 Å². The zero-order valence-corrected chi connectivity index (χ0v) is 10.1. The molecule has 0 atom stereocenters. The van der Waals surface area contributed by atoms with E-state index in [9.17, 15) is 4.79 Å². The number of H-pyrrole nitrogens is 1. The summed E-state index contributed by atoms with van der Waals surface area (Å²) in [6, 6.07) is 3.32. The van der Waals surface area contributed by atoms with Crippen molar-refractivity contribution < 1.29 is 0 Å². The van der Waals surface area contributed by atoms with Gasteiger partial charge in [-0.1, -0.05) is 6.07 Å². The van der Waals surface area contributed by atoms with Crippen LogP contribution in [0.5, 0.6) is 0 Å². The maximum Gasteiger partial charge on any atom is 0.247 e. The normalized spacial score (nSPS) is 8.08. The molecule has 3 nitrogen and oxygen atoms in total. The van der Waals surface area contributed by atoms with Gasteiger partial charge >= 0.3 is 0 Å². The van der Waals surface area contributed by atoms with Crippen molar-refractivity contribution in [1.29, 1.82) is 0 Å². The number of rotatable bonds is 2. The molecule has 1 heterocycles. The van der Waals surface area contributed by atoms with Gasteiger partial charge in [-0.2, -0.15) is 0 Å². The van der Waals surface area contributed by atoms with Gasteiger partial charge in [-0.15, -0.1) is 34.0 Å². The molecule has 2 N–H and O–H groups in total. The van der Waals surface area contributed by atoms with Crippen LogP contribution in [-0.2, 0) is 6.54 Å². The van der Waals surface area contributed by atoms with Gasteiger partial charge in [0.15, 0.2) is 0 Å². The molecule has 0 unspecified atom stereocenters. The first-order chi connectivity index (χ1) is 4.83. The maximum absolute atomic E-state index is 10.5. The molecule has 0 aliphatic carbocycles. The van der Waals surface area contributed by atoms with E-state index in [1.807, 2.05) is 7.05 Å². The van der Waals surface area contributed by atoms with Crippen molar-refractivity contribution in [2.24, 2.45) is 0 Å². The first kappa shape index (κ1) is 14.4. The van der Waals surface area contributed by atoms with Crippen LogP contribution in [0.1, 0.15) is 5.56 Å². The summed E-state index contributed by atoms with van der Waals surface area (Å²) >= 11 is 0. The Morgan fingerprint density at radius 1 is 1.42 bits per heavy atom. The summed E-state index contributed by atoms with van der Waals surface area (Å²) in [6.07, 6.45) is 1.71. The van der Waals surface area contributed by atoms with Crippen molar-refractivity contribution in [3.8, 4) is 0 Å². The summed E-state index contributed by atoms with van der Waals surface area (Å²) < 4.78 is 0. The molecule has 0 saturated carbocycles. The van der Waals surface area contributed by atoms with E-state index in [1.54, 1.807) is 12.3 Å². The van der Waals surface area contributed by atoms with Crippen molar-refractivity contribution >= 4 is 34.0 Å². The molecule has 0 aliphatic heterocycles. The molecule has 70 valence electrons. The van der Waals surface area contributed by atoms with Crippen LogP contribution < -0.4 is 10.9 Å². The second-order valence-corrected chi connectivity index (χ2v) is 2.09. The number of aromatic nitrogens is 1. The Kier molecular flexibility index (Phi) is 9.02. The highest BCUT2D eigenvalue weighted by atomic mass is 79.9. The van der Waals surface area contributed by atoms with Gasteiger partial charge in [-0.3, -0.25) is 4.79 Å². The van der Waals surface area contributed by atoms with E-state index in [2.05, 4.69) is 10.3 Å². The monoisotopic (exact) mass is 298 g/mol. The molecule has 1 rings (SSSR count). The fourth-order valence-corrected chi connectivity index (χ4v) is 0.757. The first-order valence-corrected chi connectivity index (χ1v) is 3.15. The number of hydrogen-bond donors (Lipinski definition) is 2. The third-order valence-corrected chi connectivity index (χ3v) is 1.23. The van der Waals surface area contributed by atoms with Crippen molar-refractivity contribution in [2.75, 3.05) is 7.05 Å². The minimum absolute atomic E-state index is 0. The van der Waals surface area contributed by atoms with E-state index in [0.717, 1.165) is 12.1 Å². The van der Waals surface area contributed by atoms with E-state index in [0.29, 0.717) is 0 Å². The van der Waals surface area contributed by atoms with Gasteiger partial charge in [0.25, 0.3) is 0 Å². The molecule has 0 aromatic carbocycles. The number of halogens is 2. The molecule has 0 aliphatic rings. The molecular formula is C7H12Br2N2O. The quantitative estimate of drug-likeness (QED) is 0.863. The van der Waals surface area contributed by atoms with Crippen LogP contribution in [0.3, 0.4) is 0 Å². The van der Waals surface area contributed by atoms with E-state index < -0.39 is 0 Å². The minimum atomic E-state index is -0.0557. The molecule has 1 aromatic heterocycles. The Morgan fingerprint density at radius 2 is 2.08 bits per heavy atom. The third kappa shape index (κ3) is 4.69. The van der Waals surface area contributed by atoms with Crippen LogP contribution in [0.4, 0.5) is 0 Å². The largest absolute Gasteiger partial charge is 0.329 e. The Labute approximate surface area is 92.1 Å². The van der Waals surface area contributed by atoms with E-state index in [1.165, 1.54) is 6.07 Å². The molecule has 0 amide bonds. The Bertz CT molecular complexity index is 241. The first-order valence-electron chi connectivity index (χ1n) is 3.15. The molecular weight excluding hydrogens is 288 g/mol. The lowest BCUT2D eigenvalue weighted by Crippen LogP contribution is -2.08. The second-order valence-electron chi connectivity index (χ2n) is 2.09. The van der Waals surface area contributed by atoms with Crippen LogP contribution in [0.25, 0.3) is 0 Å². The standard InChI is InChI=1S/C7H10N2O.2BrH/c1-8-4-6-2-3-7(10)9-5-6;;/h2-3,5,8H,4H2,1H3,(H,9,10);2*1H. The van der Waals surface area contributed by atoms with Crippen LogP contribution in [0.2, 0.25) is 0 Å². The average Bonchev–Trinajstić information content (AvgIpc) is 1.95. The predicted octanol–water partition coefficient (Wildman–Crippen LogP) is 1.25. The number of aromatic amines is 1. The van der Waals surface area contributed by atoms with Crippen LogP contribution in [0.15, 0.2) is 23.1 Å². The predicted molar refractivity (Wildman–Crippen MR) is 60.5 cm³/mol. The van der Waals surface area contributed by atoms with E-state index >= 15 is 0 Å². The minimum Gasteiger partial charge on any atom is -0.329 e. The fourth-order valence-electron chi connectivity index (χ4n) is 0.757. The lowest BCUT2D eigenvalue weighted by Gasteiger charge is -1.95. The molecule has 0 fully saturated rings. The van der Waals surface area contributed by atoms with Crippen molar-refractivity contribution in [1.82, 2.24) is 10.3 Å². The van der Waals surface area contributed by atoms with Crippen molar-refractivity contribution in [3.05, 3.63) is 34.2 Å². The van der Waals surface area contributed by atoms with Gasteiger partial charge in [0.1, 0.15) is 0 Å². The lowest BCUT2D eigenvalue weighted by atomic mass is 10.3. The van der Waals surface area contributed by atoms with Crippen LogP contribution in [-0.4, -0.2) is 12.0 Å². The summed E-state index contributed by atoms with van der Waals surface area (Å²) in [5, 5.41) is 2.98. The van der Waals surface area contributed by atoms with Crippen LogP contribution >= 0.6 is 34.0 Å². The lowest BCUT2D eigenvalue weighted by molar-refractivity contribution is 0.812. The van der Waals surface area contributed by atoms with Gasteiger partial charge in [0, 0.05) is 18.8 Å². The molecule has 0 saturated heterocycles. The highest BCUT2D eigenvalue weighted by Gasteiger charge is 1.87. The van der Waals surface area contributed by atoms with Crippen molar-refractivity contribution in [3.63, 3.8) is 0 Å². The highest BCUT2D eigenvalue weighted by Crippen LogP contribution is 1.89. The maximum atomic E-state index is 10.5. The molecule has 5 heteroatoms. The summed E-state index contributed by atoms with van der Waals surface area (Å²) in [4.78, 5) is 13.1. The highest BCUT2D eigenvalue weighted by molar-refractivity contribution is 8.93. The number of nitrogens with one attached hydrogen (secondary N) is 2. The second kappa shape index (κ2) is 7.52. The zero-order chi connectivity index (χ0) is 7.40. The molecule has 12 heavy (non-hydrogen) atoms. The summed E-state index contributed by atoms with van der Waals surface area (Å²) in [5.74, 6) is 0. The van der Waals surface area contributed by atoms with Gasteiger partial charge in [-0.25, -0.2) is 0 Å². The Morgan fingerprint density at radius 3 is 2.50 bits per heavy atom. The van der Waals surface area contributed by atoms with Crippen LogP contribution in [0, 0.1) is 0 Å². The smallest absolute Gasteiger partial charge is 0.247 e. The molecule has 0 spiro atoms. The summed E-state index contributed by atoms with van der Waals surface area (Å²) in [5.41, 5.74) is 1.03. The van der Waals surface area contributed by atoms with Crippen molar-refractivity contribution in [2.45, 2.75) is 6.54 Å². The van der Waals surface area contributed by atoms with Gasteiger partial charge < -0.3 is 10.3 Å².